The van der Waals surface area contributed by atoms with E-state index in [0.29, 0.717) is 31.8 Å². The predicted molar refractivity (Wildman–Crippen MR) is 164 cm³/mol. The van der Waals surface area contributed by atoms with Crippen LogP contribution in [0.15, 0.2) is 4.99 Å². The van der Waals surface area contributed by atoms with Crippen LogP contribution in [0.2, 0.25) is 0 Å². The van der Waals surface area contributed by atoms with Gasteiger partial charge in [0, 0.05) is 38.9 Å². The number of hydrogen-bond donors (Lipinski definition) is 4. The smallest absolute Gasteiger partial charge is 0.236 e. The first-order chi connectivity index (χ1) is 20.6. The fraction of sp³-hybridized carbons (Fsp3) is 0.903. The monoisotopic (exact) mass is 608 g/mol. The van der Waals surface area contributed by atoms with Gasteiger partial charge in [-0.25, -0.2) is 8.78 Å². The van der Waals surface area contributed by atoms with E-state index in [4.69, 9.17) is 11.5 Å². The average molecular weight is 609 g/mol. The van der Waals surface area contributed by atoms with Gasteiger partial charge in [-0.15, -0.1) is 0 Å². The van der Waals surface area contributed by atoms with Crippen LogP contribution in [0.5, 0.6) is 0 Å². The molecule has 4 heterocycles. The number of nitrogens with two attached hydrogens (primary N) is 2. The minimum atomic E-state index is -1.14. The first-order valence-electron chi connectivity index (χ1n) is 16.7. The number of carbonyl (C=O) groups excluding carboxylic acids is 2. The summed E-state index contributed by atoms with van der Waals surface area (Å²) in [6.07, 6.45) is 7.17. The quantitative estimate of drug-likeness (QED) is 0.318. The third-order valence-electron chi connectivity index (χ3n) is 11.0. The first kappa shape index (κ1) is 32.7. The molecule has 5 aliphatic rings. The number of piperazine rings is 1. The van der Waals surface area contributed by atoms with Crippen molar-refractivity contribution in [1.29, 1.82) is 0 Å². The molecule has 1 saturated carbocycles. The number of piperidine rings is 2. The predicted octanol–water partition coefficient (Wildman–Crippen LogP) is 1.04. The molecule has 5 rings (SSSR count). The molecular formula is C31H54F2N8O2. The van der Waals surface area contributed by atoms with Gasteiger partial charge in [0.2, 0.25) is 11.8 Å². The molecule has 0 aromatic carbocycles. The lowest BCUT2D eigenvalue weighted by Gasteiger charge is -2.46. The van der Waals surface area contributed by atoms with Crippen molar-refractivity contribution >= 4 is 18.0 Å². The van der Waals surface area contributed by atoms with Crippen LogP contribution >= 0.6 is 0 Å². The first-order valence-corrected chi connectivity index (χ1v) is 16.7. The number of hydrogen-bond acceptors (Lipinski definition) is 8. The molecule has 2 amide bonds. The Kier molecular flexibility index (Phi) is 11.1. The maximum Gasteiger partial charge on any atom is 0.236 e. The zero-order chi connectivity index (χ0) is 30.6. The van der Waals surface area contributed by atoms with Crippen LogP contribution in [-0.2, 0) is 9.59 Å². The second kappa shape index (κ2) is 14.6. The summed E-state index contributed by atoms with van der Waals surface area (Å²) >= 11 is 0. The molecule has 1 spiro atoms. The van der Waals surface area contributed by atoms with E-state index in [-0.39, 0.29) is 23.8 Å². The molecule has 244 valence electrons. The van der Waals surface area contributed by atoms with Crippen LogP contribution in [0.25, 0.3) is 0 Å². The Morgan fingerprint density at radius 3 is 2.53 bits per heavy atom. The zero-order valence-electron chi connectivity index (χ0n) is 25.9. The van der Waals surface area contributed by atoms with Gasteiger partial charge < -0.3 is 27.0 Å². The molecule has 10 nitrogen and oxygen atoms in total. The molecule has 0 aromatic heterocycles. The van der Waals surface area contributed by atoms with E-state index >= 15 is 4.39 Å². The minimum absolute atomic E-state index is 0.0452. The van der Waals surface area contributed by atoms with Crippen molar-refractivity contribution in [3.63, 3.8) is 0 Å². The Morgan fingerprint density at radius 1 is 1.09 bits per heavy atom. The van der Waals surface area contributed by atoms with Crippen LogP contribution in [0, 0.1) is 17.3 Å². The summed E-state index contributed by atoms with van der Waals surface area (Å²) in [5.74, 6) is -0.583. The molecule has 6 atom stereocenters. The number of likely N-dealkylation sites (tertiary alicyclic amines) is 1. The van der Waals surface area contributed by atoms with Crippen molar-refractivity contribution in [2.75, 3.05) is 59.4 Å². The van der Waals surface area contributed by atoms with E-state index in [2.05, 4.69) is 20.5 Å². The van der Waals surface area contributed by atoms with Crippen molar-refractivity contribution in [1.82, 2.24) is 25.3 Å². The standard InChI is InChI=1S/C31H54F2N8O2/c1-39-13-14-41(26(42)20-39)19-21-6-11-40(12-7-21)28-23(33)17-36-18-25(28)38-30(43)27(29(34)35)24-15-31(8-3-2-4-9-31)10-5-22(32)16-37-24/h16,21-25,27-29,36H,2-15,17-20,34-35H2,1H3,(H,38,43)/b37-16-. The van der Waals surface area contributed by atoms with Gasteiger partial charge in [-0.05, 0) is 76.4 Å². The molecule has 43 heavy (non-hydrogen) atoms. The van der Waals surface area contributed by atoms with Crippen molar-refractivity contribution < 1.29 is 18.4 Å². The highest BCUT2D eigenvalue weighted by atomic mass is 19.1. The van der Waals surface area contributed by atoms with Crippen LogP contribution in [0.4, 0.5) is 8.78 Å². The van der Waals surface area contributed by atoms with Gasteiger partial charge in [-0.2, -0.15) is 0 Å². The molecule has 0 aromatic rings. The maximum atomic E-state index is 15.6. The summed E-state index contributed by atoms with van der Waals surface area (Å²) in [5, 5.41) is 6.28. The molecule has 1 aliphatic carbocycles. The third-order valence-corrected chi connectivity index (χ3v) is 11.0. The highest BCUT2D eigenvalue weighted by molar-refractivity contribution is 5.81. The van der Waals surface area contributed by atoms with Gasteiger partial charge in [0.25, 0.3) is 0 Å². The van der Waals surface area contributed by atoms with Crippen LogP contribution in [0.3, 0.4) is 0 Å². The number of nitrogens with one attached hydrogen (secondary N) is 2. The molecule has 0 bridgehead atoms. The summed E-state index contributed by atoms with van der Waals surface area (Å²) in [6.45, 7) is 4.99. The highest BCUT2D eigenvalue weighted by Gasteiger charge is 2.44. The van der Waals surface area contributed by atoms with Gasteiger partial charge in [0.15, 0.2) is 0 Å². The number of nitrogens with zero attached hydrogens (tertiary/aromatic N) is 4. The summed E-state index contributed by atoms with van der Waals surface area (Å²) < 4.78 is 30.2. The normalized spacial score (nSPS) is 35.0. The summed E-state index contributed by atoms with van der Waals surface area (Å²) in [6, 6.07) is -1.43. The molecule has 6 N–H and O–H groups in total. The zero-order valence-corrected chi connectivity index (χ0v) is 25.9. The summed E-state index contributed by atoms with van der Waals surface area (Å²) in [5.41, 5.74) is 12.5. The maximum absolute atomic E-state index is 15.6. The number of rotatable bonds is 7. The highest BCUT2D eigenvalue weighted by Crippen LogP contribution is 2.46. The van der Waals surface area contributed by atoms with Crippen molar-refractivity contribution in [2.24, 2.45) is 33.7 Å². The Bertz CT molecular complexity index is 971. The Balaban J connectivity index is 1.23. The second-order valence-corrected chi connectivity index (χ2v) is 14.1. The second-order valence-electron chi connectivity index (χ2n) is 14.1. The van der Waals surface area contributed by atoms with Crippen LogP contribution in [-0.4, -0.2) is 129 Å². The largest absolute Gasteiger partial charge is 0.350 e. The van der Waals surface area contributed by atoms with E-state index in [9.17, 15) is 14.0 Å². The van der Waals surface area contributed by atoms with Crippen LogP contribution in [0.1, 0.15) is 64.2 Å². The topological polar surface area (TPSA) is 132 Å². The van der Waals surface area contributed by atoms with E-state index in [1.165, 1.54) is 12.6 Å². The molecule has 4 fully saturated rings. The number of carbonyl (C=O) groups is 2. The van der Waals surface area contributed by atoms with Crippen molar-refractivity contribution in [2.45, 2.75) is 101 Å². The van der Waals surface area contributed by atoms with Crippen molar-refractivity contribution in [3.8, 4) is 0 Å². The Morgan fingerprint density at radius 2 is 1.84 bits per heavy atom. The fourth-order valence-electron chi connectivity index (χ4n) is 8.44. The molecular weight excluding hydrogens is 554 g/mol. The van der Waals surface area contributed by atoms with E-state index in [1.807, 2.05) is 16.8 Å². The number of likely N-dealkylation sites (N-methyl/N-ethyl adjacent to an activating group) is 1. The lowest BCUT2D eigenvalue weighted by atomic mass is 9.65. The Hall–Kier alpha value is -1.73. The van der Waals surface area contributed by atoms with Gasteiger partial charge in [0.1, 0.15) is 12.3 Å². The van der Waals surface area contributed by atoms with E-state index in [1.54, 1.807) is 0 Å². The minimum Gasteiger partial charge on any atom is -0.350 e. The number of halogens is 2. The van der Waals surface area contributed by atoms with Crippen molar-refractivity contribution in [3.05, 3.63) is 0 Å². The molecule has 3 saturated heterocycles. The lowest BCUT2D eigenvalue weighted by molar-refractivity contribution is -0.136. The number of amides is 2. The fourth-order valence-corrected chi connectivity index (χ4v) is 8.44. The van der Waals surface area contributed by atoms with Crippen LogP contribution < -0.4 is 22.1 Å². The van der Waals surface area contributed by atoms with E-state index in [0.717, 1.165) is 77.7 Å². The van der Waals surface area contributed by atoms with Gasteiger partial charge in [-0.1, -0.05) is 19.3 Å². The SMILES string of the molecule is CN1CCN(CC2CCN(C3C(F)CNCC3NC(=O)C(C(N)N)C3CC4(CCCCC4)CCC(F)/C=N\3)CC2)C(=O)C1. The Labute approximate surface area is 255 Å². The van der Waals surface area contributed by atoms with E-state index < -0.39 is 42.6 Å². The van der Waals surface area contributed by atoms with Gasteiger partial charge in [-0.3, -0.25) is 24.4 Å². The molecule has 6 unspecified atom stereocenters. The third kappa shape index (κ3) is 8.11. The molecule has 4 aliphatic heterocycles. The summed E-state index contributed by atoms with van der Waals surface area (Å²) in [7, 11) is 1.97. The number of alkyl halides is 2. The summed E-state index contributed by atoms with van der Waals surface area (Å²) in [4.78, 5) is 37.2. The molecule has 12 heteroatoms. The average Bonchev–Trinajstić information content (AvgIpc) is 2.97. The lowest BCUT2D eigenvalue weighted by Crippen LogP contribution is -2.67. The van der Waals surface area contributed by atoms with Gasteiger partial charge in [0.05, 0.1) is 36.8 Å². The molecule has 0 radical (unpaired) electrons. The number of aliphatic imine (C=N–C) groups is 1. The van der Waals surface area contributed by atoms with Gasteiger partial charge >= 0.3 is 0 Å².